The number of esters is 1. The Kier molecular flexibility index (Phi) is 3.42. The lowest BCUT2D eigenvalue weighted by Gasteiger charge is -2.28. The number of benzene rings is 1. The molecule has 1 N–H and O–H groups in total. The van der Waals surface area contributed by atoms with Crippen molar-refractivity contribution in [2.24, 2.45) is 0 Å². The van der Waals surface area contributed by atoms with Gasteiger partial charge in [0.15, 0.2) is 0 Å². The molecule has 0 amide bonds. The minimum atomic E-state index is -0.189. The van der Waals surface area contributed by atoms with Gasteiger partial charge in [0, 0.05) is 25.3 Å². The zero-order valence-electron chi connectivity index (χ0n) is 11.3. The number of ether oxygens (including phenoxy) is 1. The molecule has 4 heteroatoms. The Hall–Kier alpha value is -1.55. The van der Waals surface area contributed by atoms with Crippen LogP contribution in [0.15, 0.2) is 18.2 Å². The molecule has 102 valence electrons. The van der Waals surface area contributed by atoms with Gasteiger partial charge in [-0.25, -0.2) is 4.79 Å². The summed E-state index contributed by atoms with van der Waals surface area (Å²) in [5.41, 5.74) is 3.03. The molecule has 0 bridgehead atoms. The molecule has 1 fully saturated rings. The van der Waals surface area contributed by atoms with Gasteiger partial charge < -0.3 is 15.0 Å². The predicted molar refractivity (Wildman–Crippen MR) is 74.6 cm³/mol. The molecule has 2 heterocycles. The smallest absolute Gasteiger partial charge is 0.338 e. The normalized spacial score (nSPS) is 19.8. The summed E-state index contributed by atoms with van der Waals surface area (Å²) < 4.78 is 5.59. The zero-order chi connectivity index (χ0) is 13.2. The van der Waals surface area contributed by atoms with Crippen LogP contribution in [0.1, 0.15) is 28.8 Å². The molecule has 0 aliphatic carbocycles. The van der Waals surface area contributed by atoms with E-state index in [-0.39, 0.29) is 12.1 Å². The van der Waals surface area contributed by atoms with Crippen molar-refractivity contribution in [2.45, 2.75) is 25.4 Å². The Morgan fingerprint density at radius 2 is 2.16 bits per heavy atom. The number of hydrogen-bond donors (Lipinski definition) is 1. The molecular weight excluding hydrogens is 240 g/mol. The highest BCUT2D eigenvalue weighted by atomic mass is 16.5. The topological polar surface area (TPSA) is 41.6 Å². The second-order valence-electron chi connectivity index (χ2n) is 5.46. The summed E-state index contributed by atoms with van der Waals surface area (Å²) in [6.07, 6.45) is 2.99. The van der Waals surface area contributed by atoms with Gasteiger partial charge in [0.2, 0.25) is 0 Å². The number of anilines is 1. The van der Waals surface area contributed by atoms with Gasteiger partial charge >= 0.3 is 5.97 Å². The first-order valence-corrected chi connectivity index (χ1v) is 6.99. The first-order valence-electron chi connectivity index (χ1n) is 6.99. The SMILES string of the molecule is CN1CCC(OC(=O)c2ccc3c(c2)NCC3)CC1. The summed E-state index contributed by atoms with van der Waals surface area (Å²) in [7, 11) is 2.10. The van der Waals surface area contributed by atoms with Crippen LogP contribution < -0.4 is 5.32 Å². The lowest BCUT2D eigenvalue weighted by molar-refractivity contribution is 0.0139. The van der Waals surface area contributed by atoms with E-state index in [1.54, 1.807) is 0 Å². The summed E-state index contributed by atoms with van der Waals surface area (Å²) in [6, 6.07) is 5.82. The van der Waals surface area contributed by atoms with Crippen molar-refractivity contribution in [3.05, 3.63) is 29.3 Å². The summed E-state index contributed by atoms with van der Waals surface area (Å²) in [4.78, 5) is 14.4. The number of carbonyl (C=O) groups excluding carboxylic acids is 1. The van der Waals surface area contributed by atoms with Gasteiger partial charge in [-0.05, 0) is 44.0 Å². The van der Waals surface area contributed by atoms with Gasteiger partial charge in [0.25, 0.3) is 0 Å². The van der Waals surface area contributed by atoms with E-state index >= 15 is 0 Å². The molecular formula is C15H20N2O2. The van der Waals surface area contributed by atoms with E-state index in [1.165, 1.54) is 5.56 Å². The second-order valence-corrected chi connectivity index (χ2v) is 5.46. The van der Waals surface area contributed by atoms with Gasteiger partial charge in [-0.1, -0.05) is 6.07 Å². The molecule has 3 rings (SSSR count). The minimum Gasteiger partial charge on any atom is -0.459 e. The fourth-order valence-corrected chi connectivity index (χ4v) is 2.74. The fourth-order valence-electron chi connectivity index (χ4n) is 2.74. The number of rotatable bonds is 2. The van der Waals surface area contributed by atoms with E-state index in [0.717, 1.165) is 44.6 Å². The molecule has 0 atom stereocenters. The van der Waals surface area contributed by atoms with Crippen molar-refractivity contribution >= 4 is 11.7 Å². The van der Waals surface area contributed by atoms with Crippen LogP contribution in [0.2, 0.25) is 0 Å². The van der Waals surface area contributed by atoms with Gasteiger partial charge in [-0.2, -0.15) is 0 Å². The number of nitrogens with one attached hydrogen (secondary N) is 1. The largest absolute Gasteiger partial charge is 0.459 e. The molecule has 0 unspecified atom stereocenters. The molecule has 0 saturated carbocycles. The Labute approximate surface area is 113 Å². The van der Waals surface area contributed by atoms with E-state index in [0.29, 0.717) is 5.56 Å². The zero-order valence-corrected chi connectivity index (χ0v) is 11.3. The number of fused-ring (bicyclic) bond motifs is 1. The molecule has 0 aromatic heterocycles. The highest BCUT2D eigenvalue weighted by Crippen LogP contribution is 2.24. The quantitative estimate of drug-likeness (QED) is 0.825. The maximum Gasteiger partial charge on any atom is 0.338 e. The van der Waals surface area contributed by atoms with E-state index < -0.39 is 0 Å². The van der Waals surface area contributed by atoms with E-state index in [4.69, 9.17) is 4.74 Å². The molecule has 0 radical (unpaired) electrons. The van der Waals surface area contributed by atoms with E-state index in [1.807, 2.05) is 18.2 Å². The van der Waals surface area contributed by atoms with Crippen LogP contribution in [0.25, 0.3) is 0 Å². The number of carbonyl (C=O) groups is 1. The van der Waals surface area contributed by atoms with Crippen LogP contribution in [-0.4, -0.2) is 43.7 Å². The summed E-state index contributed by atoms with van der Waals surface area (Å²) in [5, 5.41) is 3.29. The molecule has 1 aromatic rings. The van der Waals surface area contributed by atoms with Crippen LogP contribution in [-0.2, 0) is 11.2 Å². The number of nitrogens with zero attached hydrogens (tertiary/aromatic N) is 1. The maximum atomic E-state index is 12.1. The van der Waals surface area contributed by atoms with Gasteiger partial charge in [0.05, 0.1) is 5.56 Å². The third-order valence-corrected chi connectivity index (χ3v) is 3.99. The molecule has 19 heavy (non-hydrogen) atoms. The monoisotopic (exact) mass is 260 g/mol. The second kappa shape index (κ2) is 5.21. The average molecular weight is 260 g/mol. The van der Waals surface area contributed by atoms with Crippen LogP contribution in [0.4, 0.5) is 5.69 Å². The predicted octanol–water partition coefficient (Wildman–Crippen LogP) is 1.91. The van der Waals surface area contributed by atoms with Crippen molar-refractivity contribution in [1.82, 2.24) is 4.90 Å². The maximum absolute atomic E-state index is 12.1. The Morgan fingerprint density at radius 3 is 2.95 bits per heavy atom. The molecule has 2 aliphatic heterocycles. The van der Waals surface area contributed by atoms with E-state index in [9.17, 15) is 4.79 Å². The standard InChI is InChI=1S/C15H20N2O2/c1-17-8-5-13(6-9-17)19-15(18)12-3-2-11-4-7-16-14(11)10-12/h2-3,10,13,16H,4-9H2,1H3. The third-order valence-electron chi connectivity index (χ3n) is 3.99. The number of likely N-dealkylation sites (tertiary alicyclic amines) is 1. The third kappa shape index (κ3) is 2.73. The van der Waals surface area contributed by atoms with Crippen molar-refractivity contribution < 1.29 is 9.53 Å². The van der Waals surface area contributed by atoms with Crippen molar-refractivity contribution in [3.63, 3.8) is 0 Å². The molecule has 4 nitrogen and oxygen atoms in total. The van der Waals surface area contributed by atoms with Crippen LogP contribution >= 0.6 is 0 Å². The lowest BCUT2D eigenvalue weighted by Crippen LogP contribution is -2.35. The Bertz CT molecular complexity index is 479. The van der Waals surface area contributed by atoms with Crippen molar-refractivity contribution in [2.75, 3.05) is 32.0 Å². The first kappa shape index (κ1) is 12.5. The van der Waals surface area contributed by atoms with E-state index in [2.05, 4.69) is 17.3 Å². The molecule has 1 saturated heterocycles. The average Bonchev–Trinajstić information content (AvgIpc) is 2.88. The van der Waals surface area contributed by atoms with Crippen molar-refractivity contribution in [3.8, 4) is 0 Å². The number of hydrogen-bond acceptors (Lipinski definition) is 4. The summed E-state index contributed by atoms with van der Waals surface area (Å²) in [5.74, 6) is -0.189. The van der Waals surface area contributed by atoms with Crippen LogP contribution in [0.3, 0.4) is 0 Å². The van der Waals surface area contributed by atoms with Crippen molar-refractivity contribution in [1.29, 1.82) is 0 Å². The summed E-state index contributed by atoms with van der Waals surface area (Å²) in [6.45, 7) is 2.97. The Balaban J connectivity index is 1.64. The van der Waals surface area contributed by atoms with Gasteiger partial charge in [-0.15, -0.1) is 0 Å². The first-order chi connectivity index (χ1) is 9.22. The Morgan fingerprint density at radius 1 is 1.37 bits per heavy atom. The van der Waals surface area contributed by atoms with Gasteiger partial charge in [-0.3, -0.25) is 0 Å². The minimum absolute atomic E-state index is 0.0740. The molecule has 0 spiro atoms. The summed E-state index contributed by atoms with van der Waals surface area (Å²) >= 11 is 0. The number of piperidine rings is 1. The highest BCUT2D eigenvalue weighted by Gasteiger charge is 2.22. The molecule has 1 aromatic carbocycles. The highest BCUT2D eigenvalue weighted by molar-refractivity contribution is 5.91. The molecule has 2 aliphatic rings. The van der Waals surface area contributed by atoms with Crippen LogP contribution in [0, 0.1) is 0 Å². The van der Waals surface area contributed by atoms with Crippen LogP contribution in [0.5, 0.6) is 0 Å². The fraction of sp³-hybridized carbons (Fsp3) is 0.533. The van der Waals surface area contributed by atoms with Gasteiger partial charge in [0.1, 0.15) is 6.10 Å². The lowest BCUT2D eigenvalue weighted by atomic mass is 10.1.